The summed E-state index contributed by atoms with van der Waals surface area (Å²) >= 11 is 3.42. The highest BCUT2D eigenvalue weighted by Gasteiger charge is 2.19. The number of hydrogen-bond donors (Lipinski definition) is 1. The van der Waals surface area contributed by atoms with Gasteiger partial charge in [-0.05, 0) is 18.2 Å². The molecule has 4 nitrogen and oxygen atoms in total. The number of nitrogens with one attached hydrogen (secondary N) is 1. The van der Waals surface area contributed by atoms with Gasteiger partial charge in [-0.25, -0.2) is 14.4 Å². The van der Waals surface area contributed by atoms with Gasteiger partial charge in [0.2, 0.25) is 0 Å². The van der Waals surface area contributed by atoms with Gasteiger partial charge in [0.25, 0.3) is 0 Å². The minimum atomic E-state index is -0.307. The van der Waals surface area contributed by atoms with Gasteiger partial charge in [-0.15, -0.1) is 0 Å². The van der Waals surface area contributed by atoms with Crippen LogP contribution in [-0.4, -0.2) is 23.6 Å². The molecule has 2 aromatic rings. The summed E-state index contributed by atoms with van der Waals surface area (Å²) < 4.78 is 19.7. The molecule has 0 bridgehead atoms. The first-order valence-corrected chi connectivity index (χ1v) is 7.09. The van der Waals surface area contributed by atoms with Gasteiger partial charge in [-0.1, -0.05) is 15.9 Å². The molecule has 0 saturated heterocycles. The number of nitrogens with zero attached hydrogens (tertiary/aromatic N) is 2. The fourth-order valence-electron chi connectivity index (χ4n) is 2.23. The molecule has 6 heteroatoms. The fraction of sp³-hybridized carbons (Fsp3) is 0.286. The molecule has 0 radical (unpaired) electrons. The topological polar surface area (TPSA) is 47.0 Å². The molecule has 1 aromatic carbocycles. The summed E-state index contributed by atoms with van der Waals surface area (Å²) in [7, 11) is 1.81. The average molecular weight is 338 g/mol. The van der Waals surface area contributed by atoms with Gasteiger partial charge < -0.3 is 10.1 Å². The molecule has 0 spiro atoms. The second-order valence-electron chi connectivity index (χ2n) is 4.50. The van der Waals surface area contributed by atoms with Crippen LogP contribution in [0.5, 0.6) is 0 Å². The van der Waals surface area contributed by atoms with Crippen LogP contribution in [0.15, 0.2) is 22.7 Å². The molecule has 3 rings (SSSR count). The van der Waals surface area contributed by atoms with Gasteiger partial charge in [-0.2, -0.15) is 0 Å². The summed E-state index contributed by atoms with van der Waals surface area (Å²) in [5.41, 5.74) is 2.59. The van der Waals surface area contributed by atoms with Crippen molar-refractivity contribution in [3.05, 3.63) is 39.7 Å². The van der Waals surface area contributed by atoms with E-state index in [-0.39, 0.29) is 5.82 Å². The number of hydrogen-bond acceptors (Lipinski definition) is 4. The van der Waals surface area contributed by atoms with Crippen LogP contribution < -0.4 is 5.32 Å². The SMILES string of the molecule is CNc1nc(-c2cc(F)ccc2Br)nc2c1COCC2. The van der Waals surface area contributed by atoms with Gasteiger partial charge in [0, 0.05) is 29.1 Å². The third-order valence-electron chi connectivity index (χ3n) is 3.23. The summed E-state index contributed by atoms with van der Waals surface area (Å²) in [4.78, 5) is 9.04. The number of fused-ring (bicyclic) bond motifs is 1. The molecule has 1 aromatic heterocycles. The molecule has 0 unspecified atom stereocenters. The molecular weight excluding hydrogens is 325 g/mol. The maximum Gasteiger partial charge on any atom is 0.163 e. The van der Waals surface area contributed by atoms with E-state index in [1.165, 1.54) is 12.1 Å². The predicted molar refractivity (Wildman–Crippen MR) is 78.0 cm³/mol. The molecule has 1 N–H and O–H groups in total. The van der Waals surface area contributed by atoms with Gasteiger partial charge in [0.15, 0.2) is 5.82 Å². The largest absolute Gasteiger partial charge is 0.376 e. The highest BCUT2D eigenvalue weighted by Crippen LogP contribution is 2.30. The Morgan fingerprint density at radius 3 is 3.00 bits per heavy atom. The lowest BCUT2D eigenvalue weighted by Crippen LogP contribution is -2.16. The van der Waals surface area contributed by atoms with Crippen molar-refractivity contribution in [1.29, 1.82) is 0 Å². The lowest BCUT2D eigenvalue weighted by molar-refractivity contribution is 0.109. The van der Waals surface area contributed by atoms with Gasteiger partial charge >= 0.3 is 0 Å². The number of benzene rings is 1. The summed E-state index contributed by atoms with van der Waals surface area (Å²) in [6.07, 6.45) is 0.743. The zero-order chi connectivity index (χ0) is 14.1. The normalized spacial score (nSPS) is 13.9. The molecule has 0 saturated carbocycles. The van der Waals surface area contributed by atoms with Crippen LogP contribution in [-0.2, 0) is 17.8 Å². The molecule has 20 heavy (non-hydrogen) atoms. The van der Waals surface area contributed by atoms with Crippen molar-refractivity contribution in [3.63, 3.8) is 0 Å². The highest BCUT2D eigenvalue weighted by atomic mass is 79.9. The molecule has 0 amide bonds. The quantitative estimate of drug-likeness (QED) is 0.914. The Morgan fingerprint density at radius 1 is 1.35 bits per heavy atom. The molecule has 2 heterocycles. The van der Waals surface area contributed by atoms with Crippen molar-refractivity contribution in [2.45, 2.75) is 13.0 Å². The summed E-state index contributed by atoms with van der Waals surface area (Å²) in [5, 5.41) is 3.06. The maximum absolute atomic E-state index is 13.4. The van der Waals surface area contributed by atoms with E-state index >= 15 is 0 Å². The molecular formula is C14H13BrFN3O. The summed E-state index contributed by atoms with van der Waals surface area (Å²) in [6, 6.07) is 4.50. The lowest BCUT2D eigenvalue weighted by Gasteiger charge is -2.19. The minimum absolute atomic E-state index is 0.307. The first-order valence-electron chi connectivity index (χ1n) is 6.29. The first-order chi connectivity index (χ1) is 9.69. The van der Waals surface area contributed by atoms with Crippen LogP contribution in [0.4, 0.5) is 10.2 Å². The molecule has 1 aliphatic heterocycles. The van der Waals surface area contributed by atoms with Gasteiger partial charge in [-0.3, -0.25) is 0 Å². The van der Waals surface area contributed by atoms with Crippen LogP contribution >= 0.6 is 15.9 Å². The van der Waals surface area contributed by atoms with Crippen LogP contribution in [0.1, 0.15) is 11.3 Å². The number of rotatable bonds is 2. The van der Waals surface area contributed by atoms with E-state index in [4.69, 9.17) is 4.74 Å². The van der Waals surface area contributed by atoms with Crippen molar-refractivity contribution in [3.8, 4) is 11.4 Å². The second-order valence-corrected chi connectivity index (χ2v) is 5.35. The molecule has 0 atom stereocenters. The van der Waals surface area contributed by atoms with Crippen LogP contribution in [0.2, 0.25) is 0 Å². The Bertz CT molecular complexity index is 646. The van der Waals surface area contributed by atoms with E-state index in [9.17, 15) is 4.39 Å². The number of anilines is 1. The van der Waals surface area contributed by atoms with Crippen molar-refractivity contribution < 1.29 is 9.13 Å². The van der Waals surface area contributed by atoms with E-state index in [1.54, 1.807) is 6.07 Å². The Morgan fingerprint density at radius 2 is 2.20 bits per heavy atom. The minimum Gasteiger partial charge on any atom is -0.376 e. The Kier molecular flexibility index (Phi) is 3.67. The molecule has 1 aliphatic rings. The van der Waals surface area contributed by atoms with Crippen molar-refractivity contribution >= 4 is 21.7 Å². The third-order valence-corrected chi connectivity index (χ3v) is 3.92. The number of halogens is 2. The van der Waals surface area contributed by atoms with E-state index in [0.29, 0.717) is 24.6 Å². The zero-order valence-corrected chi connectivity index (χ0v) is 12.5. The monoisotopic (exact) mass is 337 g/mol. The fourth-order valence-corrected chi connectivity index (χ4v) is 2.65. The zero-order valence-electron chi connectivity index (χ0n) is 10.9. The van der Waals surface area contributed by atoms with Gasteiger partial charge in [0.05, 0.1) is 18.9 Å². The van der Waals surface area contributed by atoms with E-state index in [2.05, 4.69) is 31.2 Å². The van der Waals surface area contributed by atoms with E-state index in [1.807, 2.05) is 7.05 Å². The Hall–Kier alpha value is -1.53. The Balaban J connectivity index is 2.17. The van der Waals surface area contributed by atoms with Crippen LogP contribution in [0, 0.1) is 5.82 Å². The van der Waals surface area contributed by atoms with Crippen molar-refractivity contribution in [1.82, 2.24) is 9.97 Å². The number of ether oxygens (including phenoxy) is 1. The molecule has 0 aliphatic carbocycles. The van der Waals surface area contributed by atoms with Gasteiger partial charge in [0.1, 0.15) is 11.6 Å². The standard InChI is InChI=1S/C14H13BrFN3O/c1-17-13-10-7-20-5-4-12(10)18-14(19-13)9-6-8(16)2-3-11(9)15/h2-3,6H,4-5,7H2,1H3,(H,17,18,19). The lowest BCUT2D eigenvalue weighted by atomic mass is 10.1. The Labute approximate surface area is 124 Å². The van der Waals surface area contributed by atoms with E-state index < -0.39 is 0 Å². The van der Waals surface area contributed by atoms with Crippen LogP contribution in [0.25, 0.3) is 11.4 Å². The van der Waals surface area contributed by atoms with Crippen molar-refractivity contribution in [2.24, 2.45) is 0 Å². The highest BCUT2D eigenvalue weighted by molar-refractivity contribution is 9.10. The summed E-state index contributed by atoms with van der Waals surface area (Å²) in [5.74, 6) is 0.945. The maximum atomic E-state index is 13.4. The number of aromatic nitrogens is 2. The smallest absolute Gasteiger partial charge is 0.163 e. The molecule has 104 valence electrons. The second kappa shape index (κ2) is 5.46. The predicted octanol–water partition coefficient (Wildman–Crippen LogP) is 3.16. The average Bonchev–Trinajstić information content (AvgIpc) is 2.48. The van der Waals surface area contributed by atoms with Crippen LogP contribution in [0.3, 0.4) is 0 Å². The first kappa shape index (κ1) is 13.5. The molecule has 0 fully saturated rings. The summed E-state index contributed by atoms with van der Waals surface area (Å²) in [6.45, 7) is 1.16. The van der Waals surface area contributed by atoms with Crippen molar-refractivity contribution in [2.75, 3.05) is 19.0 Å². The third kappa shape index (κ3) is 2.41. The van der Waals surface area contributed by atoms with E-state index in [0.717, 1.165) is 28.0 Å².